The third-order valence-corrected chi connectivity index (χ3v) is 5.07. The van der Waals surface area contributed by atoms with E-state index in [2.05, 4.69) is 27.4 Å². The molecule has 1 aromatic rings. The number of non-ortho nitro benzene ring substituents is 1. The molecule has 2 aliphatic rings. The van der Waals surface area contributed by atoms with Crippen molar-refractivity contribution in [1.29, 1.82) is 0 Å². The second-order valence-corrected chi connectivity index (χ2v) is 7.60. The first-order valence-corrected chi connectivity index (χ1v) is 10.3. The van der Waals surface area contributed by atoms with Gasteiger partial charge in [0.15, 0.2) is 5.96 Å². The maximum atomic E-state index is 12.0. The van der Waals surface area contributed by atoms with Gasteiger partial charge in [-0.25, -0.2) is 4.99 Å². The van der Waals surface area contributed by atoms with Gasteiger partial charge in [-0.05, 0) is 24.8 Å². The second-order valence-electron chi connectivity index (χ2n) is 7.60. The van der Waals surface area contributed by atoms with E-state index in [1.165, 1.54) is 12.1 Å². The molecule has 1 aromatic carbocycles. The maximum absolute atomic E-state index is 12.0. The van der Waals surface area contributed by atoms with Gasteiger partial charge in [0, 0.05) is 50.9 Å². The van der Waals surface area contributed by atoms with Crippen LogP contribution in [0, 0.1) is 10.1 Å². The number of amides is 1. The van der Waals surface area contributed by atoms with E-state index in [4.69, 9.17) is 4.99 Å². The quantitative estimate of drug-likeness (QED) is 0.294. The third kappa shape index (κ3) is 6.70. The normalized spacial score (nSPS) is 17.8. The van der Waals surface area contributed by atoms with Gasteiger partial charge in [-0.1, -0.05) is 19.1 Å². The van der Waals surface area contributed by atoms with Gasteiger partial charge >= 0.3 is 0 Å². The molecule has 0 atom stereocenters. The van der Waals surface area contributed by atoms with Crippen LogP contribution in [0.25, 0.3) is 0 Å². The molecule has 1 saturated carbocycles. The highest BCUT2D eigenvalue weighted by Gasteiger charge is 2.25. The summed E-state index contributed by atoms with van der Waals surface area (Å²) < 4.78 is 0. The predicted octanol–water partition coefficient (Wildman–Crippen LogP) is 1.35. The lowest BCUT2D eigenvalue weighted by atomic mass is 10.2. The van der Waals surface area contributed by atoms with Gasteiger partial charge in [0.25, 0.3) is 5.69 Å². The number of carbonyl (C=O) groups is 1. The highest BCUT2D eigenvalue weighted by atomic mass is 16.6. The molecule has 2 fully saturated rings. The maximum Gasteiger partial charge on any atom is 0.269 e. The summed E-state index contributed by atoms with van der Waals surface area (Å²) in [6.45, 7) is 7.14. The van der Waals surface area contributed by atoms with Crippen molar-refractivity contribution in [3.05, 3.63) is 39.9 Å². The minimum absolute atomic E-state index is 0.0869. The zero-order chi connectivity index (χ0) is 20.6. The summed E-state index contributed by atoms with van der Waals surface area (Å²) in [4.78, 5) is 31.5. The average molecular weight is 402 g/mol. The highest BCUT2D eigenvalue weighted by molar-refractivity contribution is 5.80. The molecule has 1 aliphatic carbocycles. The van der Waals surface area contributed by atoms with Crippen LogP contribution in [0.1, 0.15) is 31.7 Å². The number of hydrogen-bond donors (Lipinski definition) is 2. The van der Waals surface area contributed by atoms with E-state index < -0.39 is 4.92 Å². The molecule has 1 saturated heterocycles. The fourth-order valence-corrected chi connectivity index (χ4v) is 3.22. The lowest BCUT2D eigenvalue weighted by Crippen LogP contribution is -2.54. The van der Waals surface area contributed by atoms with Gasteiger partial charge in [-0.15, -0.1) is 0 Å². The summed E-state index contributed by atoms with van der Waals surface area (Å²) in [5, 5.41) is 17.2. The van der Waals surface area contributed by atoms with Gasteiger partial charge in [-0.2, -0.15) is 0 Å². The smallest absolute Gasteiger partial charge is 0.269 e. The van der Waals surface area contributed by atoms with Crippen molar-refractivity contribution in [1.82, 2.24) is 20.4 Å². The van der Waals surface area contributed by atoms with Crippen LogP contribution in [0.2, 0.25) is 0 Å². The summed E-state index contributed by atoms with van der Waals surface area (Å²) in [6, 6.07) is 6.91. The Morgan fingerprint density at radius 2 is 1.90 bits per heavy atom. The van der Waals surface area contributed by atoms with E-state index in [0.29, 0.717) is 19.1 Å². The van der Waals surface area contributed by atoms with Crippen LogP contribution in [-0.4, -0.2) is 71.9 Å². The van der Waals surface area contributed by atoms with Crippen LogP contribution in [-0.2, 0) is 11.3 Å². The van der Waals surface area contributed by atoms with Gasteiger partial charge in [0.2, 0.25) is 5.91 Å². The minimum atomic E-state index is -0.397. The van der Waals surface area contributed by atoms with Gasteiger partial charge in [-0.3, -0.25) is 19.8 Å². The fraction of sp³-hybridized carbons (Fsp3) is 0.600. The average Bonchev–Trinajstić information content (AvgIpc) is 3.53. The number of aliphatic imine (C=N–C) groups is 1. The molecule has 0 radical (unpaired) electrons. The van der Waals surface area contributed by atoms with E-state index in [-0.39, 0.29) is 11.6 Å². The molecule has 29 heavy (non-hydrogen) atoms. The van der Waals surface area contributed by atoms with Crippen molar-refractivity contribution in [3.63, 3.8) is 0 Å². The minimum Gasteiger partial charge on any atom is -0.356 e. The first-order valence-electron chi connectivity index (χ1n) is 10.3. The summed E-state index contributed by atoms with van der Waals surface area (Å²) in [6.07, 6.45) is 3.21. The number of rotatable bonds is 8. The van der Waals surface area contributed by atoms with Crippen LogP contribution in [0.3, 0.4) is 0 Å². The zero-order valence-corrected chi connectivity index (χ0v) is 17.0. The molecule has 0 spiro atoms. The Bertz CT molecular complexity index is 724. The highest BCUT2D eigenvalue weighted by Crippen LogP contribution is 2.18. The molecule has 9 heteroatoms. The zero-order valence-electron chi connectivity index (χ0n) is 17.0. The summed E-state index contributed by atoms with van der Waals surface area (Å²) in [7, 11) is 0. The van der Waals surface area contributed by atoms with E-state index in [1.54, 1.807) is 12.1 Å². The number of nitro benzene ring substituents is 1. The van der Waals surface area contributed by atoms with E-state index >= 15 is 0 Å². The van der Waals surface area contributed by atoms with Gasteiger partial charge in [0.05, 0.1) is 18.0 Å². The number of nitrogens with one attached hydrogen (secondary N) is 2. The first-order chi connectivity index (χ1) is 14.0. The summed E-state index contributed by atoms with van der Waals surface area (Å²) >= 11 is 0. The van der Waals surface area contributed by atoms with Crippen LogP contribution in [0.5, 0.6) is 0 Å². The molecular formula is C20H30N6O3. The van der Waals surface area contributed by atoms with Crippen LogP contribution >= 0.6 is 0 Å². The molecule has 1 amide bonds. The van der Waals surface area contributed by atoms with Gasteiger partial charge in [0.1, 0.15) is 0 Å². The Labute approximate surface area is 171 Å². The Hall–Kier alpha value is -2.68. The SMILES string of the molecule is CCCNC(=NCc1ccc([N+](=O)[O-])cc1)N1CCN(CC(=O)NC2CC2)CC1. The molecule has 0 unspecified atom stereocenters. The number of nitrogens with zero attached hydrogens (tertiary/aromatic N) is 4. The predicted molar refractivity (Wildman–Crippen MR) is 112 cm³/mol. The number of piperazine rings is 1. The first kappa shape index (κ1) is 21.0. The molecule has 3 rings (SSSR count). The van der Waals surface area contributed by atoms with Crippen molar-refractivity contribution < 1.29 is 9.72 Å². The van der Waals surface area contributed by atoms with E-state index in [9.17, 15) is 14.9 Å². The molecular weight excluding hydrogens is 372 g/mol. The van der Waals surface area contributed by atoms with Crippen LogP contribution in [0.15, 0.2) is 29.3 Å². The monoisotopic (exact) mass is 402 g/mol. The van der Waals surface area contributed by atoms with Gasteiger partial charge < -0.3 is 15.5 Å². The number of benzene rings is 1. The van der Waals surface area contributed by atoms with Crippen LogP contribution in [0.4, 0.5) is 5.69 Å². The molecule has 9 nitrogen and oxygen atoms in total. The summed E-state index contributed by atoms with van der Waals surface area (Å²) in [5.41, 5.74) is 1.02. The Morgan fingerprint density at radius 1 is 1.21 bits per heavy atom. The Kier molecular flexibility index (Phi) is 7.40. The van der Waals surface area contributed by atoms with Crippen molar-refractivity contribution in [3.8, 4) is 0 Å². The summed E-state index contributed by atoms with van der Waals surface area (Å²) in [5.74, 6) is 0.976. The van der Waals surface area contributed by atoms with Crippen LogP contribution < -0.4 is 10.6 Å². The van der Waals surface area contributed by atoms with Crippen molar-refractivity contribution >= 4 is 17.6 Å². The lowest BCUT2D eigenvalue weighted by Gasteiger charge is -2.36. The Morgan fingerprint density at radius 3 is 2.48 bits per heavy atom. The van der Waals surface area contributed by atoms with E-state index in [1.807, 2.05) is 0 Å². The number of carbonyl (C=O) groups excluding carboxylic acids is 1. The largest absolute Gasteiger partial charge is 0.356 e. The topological polar surface area (TPSA) is 103 Å². The van der Waals surface area contributed by atoms with Crippen molar-refractivity contribution in [2.24, 2.45) is 4.99 Å². The molecule has 0 bridgehead atoms. The third-order valence-electron chi connectivity index (χ3n) is 5.07. The number of guanidine groups is 1. The Balaban J connectivity index is 1.53. The number of nitro groups is 1. The van der Waals surface area contributed by atoms with E-state index in [0.717, 1.165) is 63.5 Å². The molecule has 1 aliphatic heterocycles. The standard InChI is InChI=1S/C20H30N6O3/c1-2-9-21-20(22-14-16-3-7-18(8-4-16)26(28)29)25-12-10-24(11-13-25)15-19(27)23-17-5-6-17/h3-4,7-8,17H,2,5-6,9-15H2,1H3,(H,21,22)(H,23,27). The lowest BCUT2D eigenvalue weighted by molar-refractivity contribution is -0.384. The second kappa shape index (κ2) is 10.2. The fourth-order valence-electron chi connectivity index (χ4n) is 3.22. The molecule has 2 N–H and O–H groups in total. The molecule has 1 heterocycles. The number of hydrogen-bond acceptors (Lipinski definition) is 5. The van der Waals surface area contributed by atoms with Crippen molar-refractivity contribution in [2.75, 3.05) is 39.3 Å². The molecule has 158 valence electrons. The molecule has 0 aromatic heterocycles. The van der Waals surface area contributed by atoms with Crippen molar-refractivity contribution in [2.45, 2.75) is 38.8 Å².